The van der Waals surface area contributed by atoms with Crippen LogP contribution in [-0.2, 0) is 6.42 Å². The van der Waals surface area contributed by atoms with Gasteiger partial charge in [0, 0.05) is 43.2 Å². The Balaban J connectivity index is 1.71. The number of hydrogen-bond acceptors (Lipinski definition) is 7. The molecule has 8 nitrogen and oxygen atoms in total. The van der Waals surface area contributed by atoms with E-state index >= 15 is 4.39 Å². The van der Waals surface area contributed by atoms with Gasteiger partial charge in [0.2, 0.25) is 0 Å². The summed E-state index contributed by atoms with van der Waals surface area (Å²) in [7, 11) is 0. The Labute approximate surface area is 204 Å². The Morgan fingerprint density at radius 1 is 1.36 bits per heavy atom. The number of rotatable bonds is 5. The Hall–Kier alpha value is -4.07. The summed E-state index contributed by atoms with van der Waals surface area (Å²) in [4.78, 5) is 29.3. The fraction of sp³-hybridized carbons (Fsp3) is 0.269. The van der Waals surface area contributed by atoms with Crippen molar-refractivity contribution in [2.75, 3.05) is 18.0 Å². The Morgan fingerprint density at radius 3 is 2.78 bits per heavy atom. The third-order valence-corrected chi connectivity index (χ3v) is 6.67. The summed E-state index contributed by atoms with van der Waals surface area (Å²) < 4.78 is 30.4. The minimum atomic E-state index is -0.729. The summed E-state index contributed by atoms with van der Waals surface area (Å²) in [5.74, 6) is 1.30. The van der Waals surface area contributed by atoms with Crippen LogP contribution in [-0.4, -0.2) is 47.1 Å². The van der Waals surface area contributed by atoms with Crippen LogP contribution in [0.4, 0.5) is 14.6 Å². The average molecular weight is 491 g/mol. The predicted octanol–water partition coefficient (Wildman–Crippen LogP) is 1.59. The Morgan fingerprint density at radius 2 is 2.11 bits per heavy atom. The number of aliphatic imine (C=N–C) groups is 1. The molecule has 1 aromatic heterocycles. The SMILES string of the molecule is C#Cc1c(F)ccc2cc(OO)cc(C/C(F)=c3/[nH]c(=O)nc(N4CC5CCC(C4)N5)/c3=C/N=C)c12. The molecular weight excluding hydrogens is 468 g/mol. The minimum absolute atomic E-state index is 0.0274. The van der Waals surface area contributed by atoms with E-state index in [4.69, 9.17) is 6.42 Å². The van der Waals surface area contributed by atoms with Gasteiger partial charge < -0.3 is 20.1 Å². The molecule has 2 atom stereocenters. The molecule has 0 amide bonds. The zero-order chi connectivity index (χ0) is 25.4. The highest BCUT2D eigenvalue weighted by molar-refractivity contribution is 5.93. The number of nitrogens with one attached hydrogen (secondary N) is 2. The van der Waals surface area contributed by atoms with Crippen molar-refractivity contribution in [2.24, 2.45) is 4.99 Å². The van der Waals surface area contributed by atoms with Gasteiger partial charge >= 0.3 is 5.69 Å². The summed E-state index contributed by atoms with van der Waals surface area (Å²) in [5, 5.41) is 13.7. The maximum atomic E-state index is 16.0. The van der Waals surface area contributed by atoms with E-state index in [9.17, 15) is 14.4 Å². The van der Waals surface area contributed by atoms with Crippen molar-refractivity contribution in [2.45, 2.75) is 31.3 Å². The monoisotopic (exact) mass is 491 g/mol. The van der Waals surface area contributed by atoms with Crippen molar-refractivity contribution in [1.29, 1.82) is 0 Å². The minimum Gasteiger partial charge on any atom is -0.353 e. The number of H-pyrrole nitrogens is 1. The second kappa shape index (κ2) is 9.53. The van der Waals surface area contributed by atoms with Gasteiger partial charge in [-0.2, -0.15) is 4.98 Å². The molecular formula is C26H23F2N5O3. The predicted molar refractivity (Wildman–Crippen MR) is 134 cm³/mol. The molecule has 0 aliphatic carbocycles. The fourth-order valence-electron chi connectivity index (χ4n) is 5.20. The van der Waals surface area contributed by atoms with Gasteiger partial charge in [0.25, 0.3) is 0 Å². The zero-order valence-electron chi connectivity index (χ0n) is 19.2. The average Bonchev–Trinajstić information content (AvgIpc) is 3.21. The van der Waals surface area contributed by atoms with Crippen LogP contribution in [0.25, 0.3) is 22.8 Å². The van der Waals surface area contributed by atoms with Crippen LogP contribution >= 0.6 is 0 Å². The summed E-state index contributed by atoms with van der Waals surface area (Å²) in [5.41, 5.74) is -0.493. The number of halogens is 2. The first-order chi connectivity index (χ1) is 17.4. The first-order valence-electron chi connectivity index (χ1n) is 11.4. The standard InChI is InChI=1S/C26H23F2N5O3/c1-3-19-21(27)7-4-14-8-18(36-35)9-15(23(14)19)10-22(28)24-20(11-29-2)25(32-26(34)31-24)33-12-16-5-6-17(13-33)30-16/h1,4,7-9,11,16-17,30,35H,2,5-6,10,12-13H2,(H,31,34)/b20-11+,24-22-. The lowest BCUT2D eigenvalue weighted by molar-refractivity contribution is -0.137. The van der Waals surface area contributed by atoms with E-state index in [2.05, 4.69) is 37.8 Å². The third-order valence-electron chi connectivity index (χ3n) is 6.67. The number of aromatic nitrogens is 2. The summed E-state index contributed by atoms with van der Waals surface area (Å²) >= 11 is 0. The van der Waals surface area contributed by atoms with Crippen LogP contribution in [0.5, 0.6) is 5.75 Å². The topological polar surface area (TPSA) is 103 Å². The van der Waals surface area contributed by atoms with Crippen molar-refractivity contribution in [3.63, 3.8) is 0 Å². The molecule has 0 spiro atoms. The molecule has 3 N–H and O–H groups in total. The number of terminal acetylenes is 1. The zero-order valence-corrected chi connectivity index (χ0v) is 19.2. The van der Waals surface area contributed by atoms with E-state index in [0.29, 0.717) is 29.7 Å². The normalized spacial score (nSPS) is 20.4. The molecule has 2 bridgehead atoms. The summed E-state index contributed by atoms with van der Waals surface area (Å²) in [6, 6.07) is 6.00. The molecule has 3 aromatic rings. The Bertz CT molecular complexity index is 1580. The van der Waals surface area contributed by atoms with E-state index in [0.717, 1.165) is 12.8 Å². The molecule has 36 heavy (non-hydrogen) atoms. The fourth-order valence-corrected chi connectivity index (χ4v) is 5.20. The van der Waals surface area contributed by atoms with E-state index in [1.807, 2.05) is 4.90 Å². The molecule has 2 aliphatic heterocycles. The molecule has 184 valence electrons. The maximum Gasteiger partial charge on any atom is 0.347 e. The van der Waals surface area contributed by atoms with Crippen molar-refractivity contribution in [3.05, 3.63) is 62.3 Å². The van der Waals surface area contributed by atoms with Gasteiger partial charge in [0.05, 0.1) is 16.1 Å². The van der Waals surface area contributed by atoms with Gasteiger partial charge in [-0.05, 0) is 48.7 Å². The van der Waals surface area contributed by atoms with Gasteiger partial charge in [-0.3, -0.25) is 4.99 Å². The molecule has 2 unspecified atom stereocenters. The van der Waals surface area contributed by atoms with Crippen molar-refractivity contribution >= 4 is 35.3 Å². The van der Waals surface area contributed by atoms with Crippen molar-refractivity contribution < 1.29 is 18.9 Å². The molecule has 5 rings (SSSR count). The molecule has 0 radical (unpaired) electrons. The number of nitrogens with zero attached hydrogens (tertiary/aromatic N) is 3. The highest BCUT2D eigenvalue weighted by Gasteiger charge is 2.33. The van der Waals surface area contributed by atoms with Crippen LogP contribution in [0.15, 0.2) is 34.1 Å². The highest BCUT2D eigenvalue weighted by Crippen LogP contribution is 2.31. The highest BCUT2D eigenvalue weighted by atomic mass is 19.1. The lowest BCUT2D eigenvalue weighted by Gasteiger charge is -2.33. The Kier molecular flexibility index (Phi) is 6.26. The lowest BCUT2D eigenvalue weighted by Crippen LogP contribution is -2.54. The number of aromatic amines is 1. The van der Waals surface area contributed by atoms with Crippen LogP contribution < -0.4 is 31.4 Å². The van der Waals surface area contributed by atoms with E-state index in [1.165, 1.54) is 30.5 Å². The van der Waals surface area contributed by atoms with Gasteiger partial charge in [0.15, 0.2) is 5.75 Å². The van der Waals surface area contributed by atoms with Gasteiger partial charge in [-0.25, -0.2) is 18.8 Å². The van der Waals surface area contributed by atoms with E-state index in [1.54, 1.807) is 0 Å². The number of benzene rings is 2. The molecule has 2 aromatic carbocycles. The van der Waals surface area contributed by atoms with Crippen LogP contribution in [0.1, 0.15) is 24.0 Å². The van der Waals surface area contributed by atoms with Gasteiger partial charge in [-0.1, -0.05) is 12.0 Å². The number of fused-ring (bicyclic) bond motifs is 3. The van der Waals surface area contributed by atoms with Crippen molar-refractivity contribution in [1.82, 2.24) is 15.3 Å². The molecule has 10 heteroatoms. The molecule has 2 aliphatic rings. The van der Waals surface area contributed by atoms with Crippen molar-refractivity contribution in [3.8, 4) is 18.1 Å². The molecule has 2 saturated heterocycles. The molecule has 3 heterocycles. The number of hydrogen-bond donors (Lipinski definition) is 3. The quantitative estimate of drug-likeness (QED) is 0.217. The van der Waals surface area contributed by atoms with E-state index < -0.39 is 17.3 Å². The van der Waals surface area contributed by atoms with Crippen LogP contribution in [0.2, 0.25) is 0 Å². The molecule has 2 fully saturated rings. The van der Waals surface area contributed by atoms with Crippen LogP contribution in [0.3, 0.4) is 0 Å². The van der Waals surface area contributed by atoms with E-state index in [-0.39, 0.29) is 45.9 Å². The van der Waals surface area contributed by atoms with Crippen LogP contribution in [0, 0.1) is 18.2 Å². The number of piperazine rings is 1. The lowest BCUT2D eigenvalue weighted by atomic mass is 9.96. The van der Waals surface area contributed by atoms with Gasteiger partial charge in [-0.15, -0.1) is 6.42 Å². The summed E-state index contributed by atoms with van der Waals surface area (Å²) in [6.07, 6.45) is 8.56. The summed E-state index contributed by atoms with van der Waals surface area (Å²) in [6.45, 7) is 4.74. The first-order valence-corrected chi connectivity index (χ1v) is 11.4. The van der Waals surface area contributed by atoms with Gasteiger partial charge in [0.1, 0.15) is 17.5 Å². The third kappa shape index (κ3) is 4.23. The smallest absolute Gasteiger partial charge is 0.347 e. The largest absolute Gasteiger partial charge is 0.353 e. The second-order valence-corrected chi connectivity index (χ2v) is 8.93. The second-order valence-electron chi connectivity index (χ2n) is 8.93. The number of anilines is 1. The maximum absolute atomic E-state index is 16.0. The first kappa shape index (κ1) is 23.7. The molecule has 0 saturated carbocycles.